The molecule has 0 amide bonds. The van der Waals surface area contributed by atoms with Gasteiger partial charge >= 0.3 is 0 Å². The lowest BCUT2D eigenvalue weighted by molar-refractivity contribution is 0.415. The number of rotatable bonds is 3. The van der Waals surface area contributed by atoms with Crippen LogP contribution in [0.1, 0.15) is 0 Å². The van der Waals surface area contributed by atoms with Gasteiger partial charge in [0.25, 0.3) is 0 Å². The number of aromatic nitrogens is 1. The highest BCUT2D eigenvalue weighted by Crippen LogP contribution is 2.26. The molecule has 0 aliphatic carbocycles. The summed E-state index contributed by atoms with van der Waals surface area (Å²) in [5.74, 6) is 0.868. The summed E-state index contributed by atoms with van der Waals surface area (Å²) in [6, 6.07) is 16.3. The number of benzene rings is 1. The van der Waals surface area contributed by atoms with Gasteiger partial charge in [-0.3, -0.25) is 4.98 Å². The molecule has 0 radical (unpaired) electrons. The van der Waals surface area contributed by atoms with Crippen LogP contribution >= 0.6 is 11.3 Å². The molecule has 94 valence electrons. The van der Waals surface area contributed by atoms with Crippen LogP contribution in [-0.2, 0) is 0 Å². The Balaban J connectivity index is 1.89. The highest BCUT2D eigenvalue weighted by Gasteiger charge is 2.02. The number of methoxy groups -OCH3 is 1. The Morgan fingerprint density at radius 1 is 0.947 bits per heavy atom. The fourth-order valence-electron chi connectivity index (χ4n) is 1.92. The van der Waals surface area contributed by atoms with Gasteiger partial charge in [0.15, 0.2) is 0 Å². The molecule has 0 fully saturated rings. The Morgan fingerprint density at radius 2 is 1.74 bits per heavy atom. The predicted molar refractivity (Wildman–Crippen MR) is 79.5 cm³/mol. The number of nitrogens with zero attached hydrogens (tertiary/aromatic N) is 1. The van der Waals surface area contributed by atoms with Crippen molar-refractivity contribution >= 4 is 11.3 Å². The number of pyridine rings is 1. The third-order valence-electron chi connectivity index (χ3n) is 2.96. The Hall–Kier alpha value is -2.13. The topological polar surface area (TPSA) is 22.1 Å². The molecule has 0 aliphatic rings. The van der Waals surface area contributed by atoms with Crippen molar-refractivity contribution in [3.05, 3.63) is 60.1 Å². The smallest absolute Gasteiger partial charge is 0.118 e. The lowest BCUT2D eigenvalue weighted by Crippen LogP contribution is -1.85. The molecule has 0 N–H and O–H groups in total. The van der Waals surface area contributed by atoms with Gasteiger partial charge in [-0.2, -0.15) is 0 Å². The van der Waals surface area contributed by atoms with Crippen molar-refractivity contribution < 1.29 is 4.74 Å². The van der Waals surface area contributed by atoms with Gasteiger partial charge in [-0.15, -0.1) is 11.3 Å². The SMILES string of the molecule is COc1ccc(-c2ccc(-c3cccs3)nc2)cc1. The predicted octanol–water partition coefficient (Wildman–Crippen LogP) is 4.49. The molecule has 3 aromatic rings. The minimum atomic E-state index is 0.868. The maximum atomic E-state index is 5.16. The fourth-order valence-corrected chi connectivity index (χ4v) is 2.62. The van der Waals surface area contributed by atoms with Crippen LogP contribution in [0, 0.1) is 0 Å². The standard InChI is InChI=1S/C16H13NOS/c1-18-14-7-4-12(5-8-14)13-6-9-15(17-11-13)16-3-2-10-19-16/h2-11H,1H3. The maximum absolute atomic E-state index is 5.16. The quantitative estimate of drug-likeness (QED) is 0.697. The first kappa shape index (κ1) is 11.9. The summed E-state index contributed by atoms with van der Waals surface area (Å²) < 4.78 is 5.16. The van der Waals surface area contributed by atoms with E-state index in [9.17, 15) is 0 Å². The first-order chi connectivity index (χ1) is 9.36. The van der Waals surface area contributed by atoms with Crippen molar-refractivity contribution in [2.75, 3.05) is 7.11 Å². The molecule has 2 heterocycles. The van der Waals surface area contributed by atoms with Crippen LogP contribution < -0.4 is 4.74 Å². The van der Waals surface area contributed by atoms with Gasteiger partial charge in [-0.25, -0.2) is 0 Å². The third-order valence-corrected chi connectivity index (χ3v) is 3.85. The number of hydrogen-bond donors (Lipinski definition) is 0. The van der Waals surface area contributed by atoms with E-state index in [0.29, 0.717) is 0 Å². The minimum Gasteiger partial charge on any atom is -0.497 e. The van der Waals surface area contributed by atoms with Crippen molar-refractivity contribution in [3.63, 3.8) is 0 Å². The van der Waals surface area contributed by atoms with E-state index in [1.807, 2.05) is 36.5 Å². The summed E-state index contributed by atoms with van der Waals surface area (Å²) in [6.07, 6.45) is 1.91. The Bertz CT molecular complexity index is 642. The second-order valence-electron chi connectivity index (χ2n) is 4.14. The summed E-state index contributed by atoms with van der Waals surface area (Å²) in [7, 11) is 1.67. The van der Waals surface area contributed by atoms with E-state index in [4.69, 9.17) is 4.74 Å². The van der Waals surface area contributed by atoms with E-state index < -0.39 is 0 Å². The van der Waals surface area contributed by atoms with Gasteiger partial charge in [0.05, 0.1) is 17.7 Å². The molecule has 0 bridgehead atoms. The molecule has 19 heavy (non-hydrogen) atoms. The zero-order valence-electron chi connectivity index (χ0n) is 10.5. The van der Waals surface area contributed by atoms with Crippen LogP contribution in [0.4, 0.5) is 0 Å². The molecule has 0 spiro atoms. The van der Waals surface area contributed by atoms with Gasteiger partial charge in [0.1, 0.15) is 5.75 Å². The highest BCUT2D eigenvalue weighted by molar-refractivity contribution is 7.13. The van der Waals surface area contributed by atoms with E-state index >= 15 is 0 Å². The number of hydrogen-bond acceptors (Lipinski definition) is 3. The van der Waals surface area contributed by atoms with Crippen molar-refractivity contribution in [2.24, 2.45) is 0 Å². The molecule has 0 atom stereocenters. The summed E-state index contributed by atoms with van der Waals surface area (Å²) >= 11 is 1.70. The van der Waals surface area contributed by atoms with Crippen LogP contribution in [0.2, 0.25) is 0 Å². The third kappa shape index (κ3) is 2.51. The summed E-state index contributed by atoms with van der Waals surface area (Å²) in [5.41, 5.74) is 3.28. The molecule has 0 aliphatic heterocycles. The Kier molecular flexibility index (Phi) is 3.29. The maximum Gasteiger partial charge on any atom is 0.118 e. The lowest BCUT2D eigenvalue weighted by Gasteiger charge is -2.04. The van der Waals surface area contributed by atoms with Crippen molar-refractivity contribution in [1.82, 2.24) is 4.98 Å². The normalized spacial score (nSPS) is 10.4. The van der Waals surface area contributed by atoms with Crippen LogP contribution in [0.15, 0.2) is 60.1 Å². The first-order valence-corrected chi connectivity index (χ1v) is 6.89. The van der Waals surface area contributed by atoms with Gasteiger partial charge < -0.3 is 4.74 Å². The van der Waals surface area contributed by atoms with E-state index in [1.165, 1.54) is 4.88 Å². The highest BCUT2D eigenvalue weighted by atomic mass is 32.1. The van der Waals surface area contributed by atoms with Gasteiger partial charge in [0, 0.05) is 11.8 Å². The molecule has 3 heteroatoms. The van der Waals surface area contributed by atoms with Gasteiger partial charge in [0.2, 0.25) is 0 Å². The summed E-state index contributed by atoms with van der Waals surface area (Å²) in [4.78, 5) is 5.71. The average molecular weight is 267 g/mol. The van der Waals surface area contributed by atoms with Crippen LogP contribution in [0.5, 0.6) is 5.75 Å². The van der Waals surface area contributed by atoms with Crippen molar-refractivity contribution in [1.29, 1.82) is 0 Å². The lowest BCUT2D eigenvalue weighted by atomic mass is 10.1. The van der Waals surface area contributed by atoms with Gasteiger partial charge in [-0.1, -0.05) is 24.3 Å². The van der Waals surface area contributed by atoms with Crippen LogP contribution in [0.25, 0.3) is 21.7 Å². The number of thiophene rings is 1. The van der Waals surface area contributed by atoms with Crippen LogP contribution in [0.3, 0.4) is 0 Å². The monoisotopic (exact) mass is 267 g/mol. The Labute approximate surface area is 116 Å². The largest absolute Gasteiger partial charge is 0.497 e. The number of ether oxygens (including phenoxy) is 1. The molecule has 0 saturated heterocycles. The summed E-state index contributed by atoms with van der Waals surface area (Å²) in [5, 5.41) is 2.06. The Morgan fingerprint density at radius 3 is 2.32 bits per heavy atom. The zero-order valence-corrected chi connectivity index (χ0v) is 11.4. The molecule has 0 unspecified atom stereocenters. The molecular formula is C16H13NOS. The second kappa shape index (κ2) is 5.24. The van der Waals surface area contributed by atoms with Crippen molar-refractivity contribution in [3.8, 4) is 27.4 Å². The molecule has 2 aromatic heterocycles. The van der Waals surface area contributed by atoms with E-state index in [-0.39, 0.29) is 0 Å². The average Bonchev–Trinajstić information content (AvgIpc) is 3.02. The summed E-state index contributed by atoms with van der Waals surface area (Å²) in [6.45, 7) is 0. The zero-order chi connectivity index (χ0) is 13.1. The molecule has 3 rings (SSSR count). The fraction of sp³-hybridized carbons (Fsp3) is 0.0625. The van der Waals surface area contributed by atoms with E-state index in [2.05, 4.69) is 28.6 Å². The van der Waals surface area contributed by atoms with E-state index in [0.717, 1.165) is 22.6 Å². The minimum absolute atomic E-state index is 0.868. The van der Waals surface area contributed by atoms with Gasteiger partial charge in [-0.05, 0) is 35.2 Å². The molecule has 0 saturated carbocycles. The molecular weight excluding hydrogens is 254 g/mol. The van der Waals surface area contributed by atoms with Crippen molar-refractivity contribution in [2.45, 2.75) is 0 Å². The van der Waals surface area contributed by atoms with E-state index in [1.54, 1.807) is 18.4 Å². The molecule has 1 aromatic carbocycles. The first-order valence-electron chi connectivity index (χ1n) is 6.01. The second-order valence-corrected chi connectivity index (χ2v) is 5.09. The van der Waals surface area contributed by atoms with Crippen LogP contribution in [-0.4, -0.2) is 12.1 Å². The molecule has 2 nitrogen and oxygen atoms in total.